The van der Waals surface area contributed by atoms with Crippen molar-refractivity contribution in [1.29, 1.82) is 0 Å². The number of ether oxygens (including phenoxy) is 1. The van der Waals surface area contributed by atoms with Crippen molar-refractivity contribution < 1.29 is 17.9 Å². The van der Waals surface area contributed by atoms with Gasteiger partial charge in [0.1, 0.15) is 5.75 Å². The van der Waals surface area contributed by atoms with Gasteiger partial charge in [-0.05, 0) is 18.2 Å². The second kappa shape index (κ2) is 9.38. The largest absolute Gasteiger partial charge is 0.496 e. The van der Waals surface area contributed by atoms with Crippen LogP contribution in [0, 0.1) is 0 Å². The van der Waals surface area contributed by atoms with E-state index in [2.05, 4.69) is 5.32 Å². The standard InChI is InChI=1S/C16H25N3O4S.ClH/c1-4-19(5-2)24(21,22)13-6-7-15(23-3)14(12-13)16(20)18-10-8-17-9-11-18;/h6-7,12,17H,4-5,8-11H2,1-3H3;1H. The van der Waals surface area contributed by atoms with Crippen LogP contribution in [0.3, 0.4) is 0 Å². The Morgan fingerprint density at radius 3 is 2.36 bits per heavy atom. The summed E-state index contributed by atoms with van der Waals surface area (Å²) in [5, 5.41) is 3.19. The number of piperazine rings is 1. The van der Waals surface area contributed by atoms with Crippen LogP contribution < -0.4 is 10.1 Å². The van der Waals surface area contributed by atoms with Crippen LogP contribution in [-0.4, -0.2) is 69.9 Å². The zero-order valence-corrected chi connectivity index (χ0v) is 16.5. The Kier molecular flexibility index (Phi) is 8.14. The number of amides is 1. The number of methoxy groups -OCH3 is 1. The van der Waals surface area contributed by atoms with Crippen molar-refractivity contribution in [1.82, 2.24) is 14.5 Å². The number of hydrogen-bond donors (Lipinski definition) is 1. The van der Waals surface area contributed by atoms with Crippen LogP contribution in [0.2, 0.25) is 0 Å². The lowest BCUT2D eigenvalue weighted by molar-refractivity contribution is 0.0732. The molecular formula is C16H26ClN3O4S. The minimum atomic E-state index is -3.62. The summed E-state index contributed by atoms with van der Waals surface area (Å²) in [5.41, 5.74) is 0.285. The summed E-state index contributed by atoms with van der Waals surface area (Å²) < 4.78 is 32.0. The average Bonchev–Trinajstić information content (AvgIpc) is 2.62. The fourth-order valence-electron chi connectivity index (χ4n) is 2.77. The summed E-state index contributed by atoms with van der Waals surface area (Å²) in [6, 6.07) is 4.46. The molecule has 0 spiro atoms. The minimum Gasteiger partial charge on any atom is -0.496 e. The second-order valence-corrected chi connectivity index (χ2v) is 7.43. The maximum Gasteiger partial charge on any atom is 0.257 e. The van der Waals surface area contributed by atoms with Crippen LogP contribution in [0.5, 0.6) is 5.75 Å². The zero-order chi connectivity index (χ0) is 17.7. The second-order valence-electron chi connectivity index (χ2n) is 5.49. The Morgan fingerprint density at radius 2 is 1.84 bits per heavy atom. The van der Waals surface area contributed by atoms with Crippen LogP contribution in [0.1, 0.15) is 24.2 Å². The van der Waals surface area contributed by atoms with Gasteiger partial charge >= 0.3 is 0 Å². The number of carbonyl (C=O) groups is 1. The van der Waals surface area contributed by atoms with Crippen LogP contribution in [0.4, 0.5) is 0 Å². The smallest absolute Gasteiger partial charge is 0.257 e. The van der Waals surface area contributed by atoms with E-state index in [-0.39, 0.29) is 28.8 Å². The van der Waals surface area contributed by atoms with Crippen molar-refractivity contribution in [3.05, 3.63) is 23.8 Å². The molecule has 0 saturated carbocycles. The van der Waals surface area contributed by atoms with E-state index in [1.165, 1.54) is 23.5 Å². The van der Waals surface area contributed by atoms with E-state index < -0.39 is 10.0 Å². The predicted octanol–water partition coefficient (Wildman–Crippen LogP) is 1.19. The first-order chi connectivity index (χ1) is 11.5. The number of rotatable bonds is 6. The van der Waals surface area contributed by atoms with E-state index in [9.17, 15) is 13.2 Å². The van der Waals surface area contributed by atoms with Crippen LogP contribution in [0.15, 0.2) is 23.1 Å². The molecule has 1 aliphatic rings. The number of nitrogens with zero attached hydrogens (tertiary/aromatic N) is 2. The normalized spacial score (nSPS) is 15.0. The summed E-state index contributed by atoms with van der Waals surface area (Å²) >= 11 is 0. The highest BCUT2D eigenvalue weighted by atomic mass is 35.5. The molecule has 1 aromatic rings. The van der Waals surface area contributed by atoms with Crippen molar-refractivity contribution >= 4 is 28.3 Å². The molecule has 7 nitrogen and oxygen atoms in total. The Labute approximate surface area is 155 Å². The summed E-state index contributed by atoms with van der Waals surface area (Å²) in [6.07, 6.45) is 0. The maximum atomic E-state index is 12.8. The fourth-order valence-corrected chi connectivity index (χ4v) is 4.25. The number of hydrogen-bond acceptors (Lipinski definition) is 5. The minimum absolute atomic E-state index is 0. The monoisotopic (exact) mass is 391 g/mol. The lowest BCUT2D eigenvalue weighted by Crippen LogP contribution is -2.46. The van der Waals surface area contributed by atoms with Gasteiger partial charge in [0.15, 0.2) is 0 Å². The number of nitrogens with one attached hydrogen (secondary N) is 1. The molecule has 0 aromatic heterocycles. The van der Waals surface area contributed by atoms with Gasteiger partial charge in [0, 0.05) is 39.3 Å². The molecule has 1 heterocycles. The zero-order valence-electron chi connectivity index (χ0n) is 14.8. The highest BCUT2D eigenvalue weighted by Crippen LogP contribution is 2.26. The molecule has 0 atom stereocenters. The topological polar surface area (TPSA) is 79.0 Å². The summed E-state index contributed by atoms with van der Waals surface area (Å²) in [4.78, 5) is 14.6. The lowest BCUT2D eigenvalue weighted by Gasteiger charge is -2.28. The van der Waals surface area contributed by atoms with Crippen LogP contribution >= 0.6 is 12.4 Å². The van der Waals surface area contributed by atoms with Gasteiger partial charge in [0.2, 0.25) is 10.0 Å². The first-order valence-electron chi connectivity index (χ1n) is 8.13. The number of benzene rings is 1. The molecule has 0 bridgehead atoms. The molecular weight excluding hydrogens is 366 g/mol. The van der Waals surface area contributed by atoms with Gasteiger partial charge in [-0.1, -0.05) is 13.8 Å². The Balaban J connectivity index is 0.00000312. The van der Waals surface area contributed by atoms with E-state index in [4.69, 9.17) is 4.74 Å². The van der Waals surface area contributed by atoms with E-state index >= 15 is 0 Å². The fraction of sp³-hybridized carbons (Fsp3) is 0.562. The van der Waals surface area contributed by atoms with E-state index in [1.807, 2.05) is 0 Å². The van der Waals surface area contributed by atoms with E-state index in [1.54, 1.807) is 24.8 Å². The predicted molar refractivity (Wildman–Crippen MR) is 99.1 cm³/mol. The third kappa shape index (κ3) is 4.63. The molecule has 0 unspecified atom stereocenters. The molecule has 1 aliphatic heterocycles. The van der Waals surface area contributed by atoms with Crippen LogP contribution in [-0.2, 0) is 10.0 Å². The first-order valence-corrected chi connectivity index (χ1v) is 9.57. The molecule has 1 N–H and O–H groups in total. The average molecular weight is 392 g/mol. The van der Waals surface area contributed by atoms with Crippen molar-refractivity contribution in [3.63, 3.8) is 0 Å². The third-order valence-electron chi connectivity index (χ3n) is 4.15. The third-order valence-corrected chi connectivity index (χ3v) is 6.19. The molecule has 1 saturated heterocycles. The molecule has 9 heteroatoms. The molecule has 25 heavy (non-hydrogen) atoms. The Hall–Kier alpha value is -1.35. The molecule has 2 rings (SSSR count). The van der Waals surface area contributed by atoms with E-state index in [0.29, 0.717) is 31.9 Å². The summed E-state index contributed by atoms with van der Waals surface area (Å²) in [6.45, 7) is 6.98. The molecule has 1 fully saturated rings. The SMILES string of the molecule is CCN(CC)S(=O)(=O)c1ccc(OC)c(C(=O)N2CCNCC2)c1.Cl. The van der Waals surface area contributed by atoms with Gasteiger partial charge < -0.3 is 15.0 Å². The molecule has 0 aliphatic carbocycles. The van der Waals surface area contributed by atoms with E-state index in [0.717, 1.165) is 13.1 Å². The van der Waals surface area contributed by atoms with Crippen molar-refractivity contribution in [2.45, 2.75) is 18.7 Å². The number of sulfonamides is 1. The van der Waals surface area contributed by atoms with Crippen molar-refractivity contribution in [3.8, 4) is 5.75 Å². The number of halogens is 1. The highest BCUT2D eigenvalue weighted by Gasteiger charge is 2.26. The first kappa shape index (κ1) is 21.7. The van der Waals surface area contributed by atoms with Gasteiger partial charge in [0.05, 0.1) is 17.6 Å². The molecule has 142 valence electrons. The molecule has 0 radical (unpaired) electrons. The van der Waals surface area contributed by atoms with Crippen LogP contribution in [0.25, 0.3) is 0 Å². The van der Waals surface area contributed by atoms with Gasteiger partial charge in [-0.2, -0.15) is 4.31 Å². The molecule has 1 amide bonds. The van der Waals surface area contributed by atoms with Gasteiger partial charge in [-0.3, -0.25) is 4.79 Å². The van der Waals surface area contributed by atoms with Gasteiger partial charge in [-0.15, -0.1) is 12.4 Å². The molecule has 1 aromatic carbocycles. The van der Waals surface area contributed by atoms with Crippen molar-refractivity contribution in [2.75, 3.05) is 46.4 Å². The maximum absolute atomic E-state index is 12.8. The Morgan fingerprint density at radius 1 is 1.24 bits per heavy atom. The van der Waals surface area contributed by atoms with Crippen molar-refractivity contribution in [2.24, 2.45) is 0 Å². The lowest BCUT2D eigenvalue weighted by atomic mass is 10.1. The summed E-state index contributed by atoms with van der Waals surface area (Å²) in [7, 11) is -2.14. The highest BCUT2D eigenvalue weighted by molar-refractivity contribution is 7.89. The quantitative estimate of drug-likeness (QED) is 0.788. The number of carbonyl (C=O) groups excluding carboxylic acids is 1. The van der Waals surface area contributed by atoms with Gasteiger partial charge in [-0.25, -0.2) is 8.42 Å². The Bertz CT molecular complexity index is 687. The van der Waals surface area contributed by atoms with Gasteiger partial charge in [0.25, 0.3) is 5.91 Å². The summed E-state index contributed by atoms with van der Waals surface area (Å²) in [5.74, 6) is 0.182.